The summed E-state index contributed by atoms with van der Waals surface area (Å²) >= 11 is 1.67. The Hall–Kier alpha value is -0.910. The Bertz CT molecular complexity index is 501. The number of fused-ring (bicyclic) bond motifs is 1. The van der Waals surface area contributed by atoms with E-state index in [0.717, 1.165) is 36.5 Å². The minimum atomic E-state index is -0.161. The van der Waals surface area contributed by atoms with Crippen LogP contribution in [0, 0.1) is 0 Å². The fourth-order valence-corrected chi connectivity index (χ4v) is 3.16. The van der Waals surface area contributed by atoms with Gasteiger partial charge in [-0.25, -0.2) is 4.98 Å². The molecule has 0 aliphatic rings. The zero-order valence-electron chi connectivity index (χ0n) is 12.8. The molecule has 0 aliphatic carbocycles. The van der Waals surface area contributed by atoms with Crippen molar-refractivity contribution in [3.05, 3.63) is 23.5 Å². The summed E-state index contributed by atoms with van der Waals surface area (Å²) in [5.74, 6) is 0. The van der Waals surface area contributed by atoms with E-state index in [1.54, 1.807) is 18.4 Å². The summed E-state index contributed by atoms with van der Waals surface area (Å²) < 4.78 is 7.87. The van der Waals surface area contributed by atoms with Crippen LogP contribution in [0.5, 0.6) is 0 Å². The lowest BCUT2D eigenvalue weighted by Crippen LogP contribution is -2.51. The van der Waals surface area contributed by atoms with E-state index in [2.05, 4.69) is 53.2 Å². The lowest BCUT2D eigenvalue weighted by Gasteiger charge is -2.36. The van der Waals surface area contributed by atoms with Gasteiger partial charge in [-0.1, -0.05) is 13.8 Å². The van der Waals surface area contributed by atoms with Crippen molar-refractivity contribution in [2.24, 2.45) is 0 Å². The van der Waals surface area contributed by atoms with Crippen LogP contribution in [0.3, 0.4) is 0 Å². The predicted octanol–water partition coefficient (Wildman–Crippen LogP) is 3.12. The third kappa shape index (κ3) is 3.22. The number of aromatic nitrogens is 2. The van der Waals surface area contributed by atoms with Crippen LogP contribution in [0.1, 0.15) is 39.3 Å². The van der Waals surface area contributed by atoms with E-state index in [9.17, 15) is 0 Å². The largest absolute Gasteiger partial charge is 0.377 e. The highest BCUT2D eigenvalue weighted by Crippen LogP contribution is 2.23. The second kappa shape index (κ2) is 6.70. The molecule has 0 fully saturated rings. The average Bonchev–Trinajstić information content (AvgIpc) is 3.03. The molecule has 5 heteroatoms. The van der Waals surface area contributed by atoms with Gasteiger partial charge in [0.1, 0.15) is 0 Å². The molecule has 1 N–H and O–H groups in total. The fourth-order valence-electron chi connectivity index (χ4n) is 2.44. The molecule has 0 saturated heterocycles. The maximum Gasteiger partial charge on any atom is 0.193 e. The molecule has 0 aromatic carbocycles. The van der Waals surface area contributed by atoms with Crippen LogP contribution in [0.2, 0.25) is 0 Å². The van der Waals surface area contributed by atoms with Crippen molar-refractivity contribution in [3.63, 3.8) is 0 Å². The predicted molar refractivity (Wildman–Crippen MR) is 84.6 cm³/mol. The number of ether oxygens (including phenoxy) is 1. The number of hydrogen-bond donors (Lipinski definition) is 1. The fraction of sp³-hybridized carbons (Fsp3) is 0.667. The second-order valence-electron chi connectivity index (χ2n) is 5.41. The molecule has 112 valence electrons. The van der Waals surface area contributed by atoms with Gasteiger partial charge in [-0.15, -0.1) is 11.3 Å². The zero-order valence-corrected chi connectivity index (χ0v) is 13.7. The maximum atomic E-state index is 5.78. The standard InChI is InChI=1S/C15H25N3OS/c1-5-7-16-13(15(3,6-2)19-4)10-12-11-18-8-9-20-14(18)17-12/h8-9,11,13,16H,5-7,10H2,1-4H3. The van der Waals surface area contributed by atoms with E-state index in [1.807, 2.05) is 0 Å². The van der Waals surface area contributed by atoms with Gasteiger partial charge in [-0.2, -0.15) is 0 Å². The monoisotopic (exact) mass is 295 g/mol. The summed E-state index contributed by atoms with van der Waals surface area (Å²) in [4.78, 5) is 5.75. The molecule has 0 saturated carbocycles. The van der Waals surface area contributed by atoms with Gasteiger partial charge >= 0.3 is 0 Å². The number of rotatable bonds is 8. The molecular formula is C15H25N3OS. The molecule has 2 rings (SSSR count). The molecule has 0 spiro atoms. The Balaban J connectivity index is 2.16. The van der Waals surface area contributed by atoms with E-state index in [0.29, 0.717) is 0 Å². The molecule has 2 unspecified atom stereocenters. The summed E-state index contributed by atoms with van der Waals surface area (Å²) in [5.41, 5.74) is 0.967. The first-order valence-electron chi connectivity index (χ1n) is 7.32. The molecule has 4 nitrogen and oxygen atoms in total. The van der Waals surface area contributed by atoms with Crippen molar-refractivity contribution >= 4 is 16.3 Å². The van der Waals surface area contributed by atoms with Crippen molar-refractivity contribution in [2.75, 3.05) is 13.7 Å². The van der Waals surface area contributed by atoms with Gasteiger partial charge in [0, 0.05) is 37.3 Å². The zero-order chi connectivity index (χ0) is 14.6. The van der Waals surface area contributed by atoms with Crippen molar-refractivity contribution < 1.29 is 4.74 Å². The molecular weight excluding hydrogens is 270 g/mol. The van der Waals surface area contributed by atoms with Crippen LogP contribution in [0.25, 0.3) is 4.96 Å². The van der Waals surface area contributed by atoms with Gasteiger partial charge < -0.3 is 10.1 Å². The van der Waals surface area contributed by atoms with E-state index in [1.165, 1.54) is 0 Å². The van der Waals surface area contributed by atoms with Gasteiger partial charge in [0.15, 0.2) is 4.96 Å². The number of nitrogens with zero attached hydrogens (tertiary/aromatic N) is 2. The maximum absolute atomic E-state index is 5.78. The summed E-state index contributed by atoms with van der Waals surface area (Å²) in [6.07, 6.45) is 7.18. The Kier molecular flexibility index (Phi) is 5.18. The number of thiazole rings is 1. The average molecular weight is 295 g/mol. The van der Waals surface area contributed by atoms with E-state index < -0.39 is 0 Å². The first-order chi connectivity index (χ1) is 9.62. The lowest BCUT2D eigenvalue weighted by molar-refractivity contribution is -0.0289. The minimum Gasteiger partial charge on any atom is -0.377 e. The third-order valence-electron chi connectivity index (χ3n) is 4.10. The van der Waals surface area contributed by atoms with Crippen molar-refractivity contribution in [3.8, 4) is 0 Å². The molecule has 0 bridgehead atoms. The molecule has 2 heterocycles. The van der Waals surface area contributed by atoms with Gasteiger partial charge in [0.25, 0.3) is 0 Å². The normalized spacial score (nSPS) is 16.4. The smallest absolute Gasteiger partial charge is 0.193 e. The summed E-state index contributed by atoms with van der Waals surface area (Å²) in [6, 6.07) is 0.280. The van der Waals surface area contributed by atoms with E-state index in [4.69, 9.17) is 4.74 Å². The molecule has 2 atom stereocenters. The molecule has 20 heavy (non-hydrogen) atoms. The quantitative estimate of drug-likeness (QED) is 0.813. The number of imidazole rings is 1. The van der Waals surface area contributed by atoms with Gasteiger partial charge in [-0.3, -0.25) is 4.40 Å². The molecule has 2 aromatic heterocycles. The number of nitrogens with one attached hydrogen (secondary N) is 1. The number of methoxy groups -OCH3 is 1. The highest BCUT2D eigenvalue weighted by Gasteiger charge is 2.32. The molecule has 0 amide bonds. The number of hydrogen-bond acceptors (Lipinski definition) is 4. The van der Waals surface area contributed by atoms with Crippen LogP contribution < -0.4 is 5.32 Å². The summed E-state index contributed by atoms with van der Waals surface area (Å²) in [5, 5.41) is 5.69. The van der Waals surface area contributed by atoms with Crippen LogP contribution in [0.15, 0.2) is 17.8 Å². The van der Waals surface area contributed by atoms with Crippen molar-refractivity contribution in [1.29, 1.82) is 0 Å². The van der Waals surface area contributed by atoms with Gasteiger partial charge in [0.2, 0.25) is 0 Å². The Morgan fingerprint density at radius 2 is 2.30 bits per heavy atom. The third-order valence-corrected chi connectivity index (χ3v) is 4.87. The molecule has 2 aromatic rings. The topological polar surface area (TPSA) is 38.6 Å². The van der Waals surface area contributed by atoms with E-state index >= 15 is 0 Å². The van der Waals surface area contributed by atoms with Gasteiger partial charge in [-0.05, 0) is 26.3 Å². The minimum absolute atomic E-state index is 0.161. The summed E-state index contributed by atoms with van der Waals surface area (Å²) in [7, 11) is 1.80. The Labute approximate surface area is 125 Å². The Morgan fingerprint density at radius 1 is 1.50 bits per heavy atom. The SMILES string of the molecule is CCCNC(Cc1cn2ccsc2n1)C(C)(CC)OC. The molecule has 0 aliphatic heterocycles. The van der Waals surface area contributed by atoms with Crippen molar-refractivity contribution in [2.45, 2.75) is 51.7 Å². The molecule has 0 radical (unpaired) electrons. The highest BCUT2D eigenvalue weighted by atomic mass is 32.1. The highest BCUT2D eigenvalue weighted by molar-refractivity contribution is 7.15. The van der Waals surface area contributed by atoms with Crippen LogP contribution in [0.4, 0.5) is 0 Å². The second-order valence-corrected chi connectivity index (χ2v) is 6.28. The first kappa shape index (κ1) is 15.5. The van der Waals surface area contributed by atoms with Crippen LogP contribution >= 0.6 is 11.3 Å². The van der Waals surface area contributed by atoms with E-state index in [-0.39, 0.29) is 11.6 Å². The summed E-state index contributed by atoms with van der Waals surface area (Å²) in [6.45, 7) is 7.55. The van der Waals surface area contributed by atoms with Crippen LogP contribution in [-0.4, -0.2) is 34.7 Å². The van der Waals surface area contributed by atoms with Crippen LogP contribution in [-0.2, 0) is 11.2 Å². The Morgan fingerprint density at radius 3 is 2.90 bits per heavy atom. The van der Waals surface area contributed by atoms with Gasteiger partial charge in [0.05, 0.1) is 11.3 Å². The van der Waals surface area contributed by atoms with Crippen molar-refractivity contribution in [1.82, 2.24) is 14.7 Å². The lowest BCUT2D eigenvalue weighted by atomic mass is 9.89. The first-order valence-corrected chi connectivity index (χ1v) is 8.20.